The second-order valence-corrected chi connectivity index (χ2v) is 8.11. The second-order valence-electron chi connectivity index (χ2n) is 8.11. The first kappa shape index (κ1) is 20.2. The second kappa shape index (κ2) is 6.00. The van der Waals surface area contributed by atoms with E-state index in [9.17, 15) is 31.1 Å². The van der Waals surface area contributed by atoms with Crippen LogP contribution in [0.3, 0.4) is 0 Å². The molecule has 2 atom stereocenters. The number of hydrogen-bond donors (Lipinski definition) is 1. The standard InChI is InChI=1S/C19H20F6O2/c1-15-7-2-4-13(26)12(15)5-6-14(15)16(10-11-16)8-3-9-17(27,18(20,21)22)19(23,24)25/h6,12,27H,2,4-5,7-8,10-11H2,1H3. The molecule has 0 aromatic rings. The summed E-state index contributed by atoms with van der Waals surface area (Å²) in [5.41, 5.74) is -5.05. The molecule has 0 amide bonds. The minimum absolute atomic E-state index is 0.158. The summed E-state index contributed by atoms with van der Waals surface area (Å²) in [5.74, 6) is 3.04. The van der Waals surface area contributed by atoms with Crippen LogP contribution >= 0.6 is 0 Å². The fraction of sp³-hybridized carbons (Fsp3) is 0.737. The molecule has 0 heterocycles. The van der Waals surface area contributed by atoms with Crippen molar-refractivity contribution in [1.82, 2.24) is 0 Å². The van der Waals surface area contributed by atoms with Crippen molar-refractivity contribution in [3.63, 3.8) is 0 Å². The zero-order chi connectivity index (χ0) is 20.3. The molecule has 0 aliphatic heterocycles. The van der Waals surface area contributed by atoms with Crippen molar-refractivity contribution in [2.75, 3.05) is 0 Å². The van der Waals surface area contributed by atoms with E-state index in [4.69, 9.17) is 5.11 Å². The van der Waals surface area contributed by atoms with Crippen LogP contribution in [0.4, 0.5) is 26.3 Å². The van der Waals surface area contributed by atoms with Gasteiger partial charge in [0.25, 0.3) is 0 Å². The highest BCUT2D eigenvalue weighted by Crippen LogP contribution is 2.66. The lowest BCUT2D eigenvalue weighted by Crippen LogP contribution is -2.55. The molecular formula is C19H20F6O2. The van der Waals surface area contributed by atoms with Crippen molar-refractivity contribution >= 4 is 5.78 Å². The van der Waals surface area contributed by atoms with Gasteiger partial charge in [-0.1, -0.05) is 24.5 Å². The summed E-state index contributed by atoms with van der Waals surface area (Å²) in [6, 6.07) is 0. The van der Waals surface area contributed by atoms with E-state index in [2.05, 4.69) is 0 Å². The van der Waals surface area contributed by atoms with Crippen LogP contribution in [-0.4, -0.2) is 28.8 Å². The first-order chi connectivity index (χ1) is 12.3. The Balaban J connectivity index is 1.84. The molecule has 0 radical (unpaired) electrons. The summed E-state index contributed by atoms with van der Waals surface area (Å²) in [7, 11) is 0. The Morgan fingerprint density at radius 1 is 1.15 bits per heavy atom. The Kier molecular flexibility index (Phi) is 4.50. The molecule has 1 N–H and O–H groups in total. The number of allylic oxidation sites excluding steroid dienone is 2. The Labute approximate surface area is 153 Å². The topological polar surface area (TPSA) is 37.3 Å². The summed E-state index contributed by atoms with van der Waals surface area (Å²) < 4.78 is 76.4. The molecule has 2 nitrogen and oxygen atoms in total. The average Bonchev–Trinajstić information content (AvgIpc) is 3.19. The first-order valence-corrected chi connectivity index (χ1v) is 8.87. The molecule has 27 heavy (non-hydrogen) atoms. The quantitative estimate of drug-likeness (QED) is 0.418. The molecule has 0 aromatic carbocycles. The molecule has 8 heteroatoms. The van der Waals surface area contributed by atoms with Crippen molar-refractivity contribution in [1.29, 1.82) is 0 Å². The van der Waals surface area contributed by atoms with E-state index in [0.29, 0.717) is 25.7 Å². The number of carbonyl (C=O) groups is 1. The molecule has 3 aliphatic carbocycles. The van der Waals surface area contributed by atoms with Gasteiger partial charge in [0.05, 0.1) is 0 Å². The fourth-order valence-electron chi connectivity index (χ4n) is 4.67. The molecule has 2 unspecified atom stereocenters. The molecule has 0 saturated heterocycles. The predicted molar refractivity (Wildman–Crippen MR) is 84.3 cm³/mol. The van der Waals surface area contributed by atoms with Gasteiger partial charge in [0.1, 0.15) is 5.78 Å². The Morgan fingerprint density at radius 3 is 2.26 bits per heavy atom. The van der Waals surface area contributed by atoms with E-state index in [0.717, 1.165) is 24.3 Å². The highest BCUT2D eigenvalue weighted by atomic mass is 19.4. The van der Waals surface area contributed by atoms with Gasteiger partial charge in [-0.05, 0) is 43.4 Å². The first-order valence-electron chi connectivity index (χ1n) is 8.87. The van der Waals surface area contributed by atoms with Crippen LogP contribution < -0.4 is 0 Å². The van der Waals surface area contributed by atoms with Gasteiger partial charge in [0.2, 0.25) is 0 Å². The van der Waals surface area contributed by atoms with E-state index in [1.54, 1.807) is 0 Å². The minimum Gasteiger partial charge on any atom is -0.363 e. The Morgan fingerprint density at radius 2 is 1.74 bits per heavy atom. The number of ketones is 1. The lowest BCUT2D eigenvalue weighted by Gasteiger charge is -2.40. The number of hydrogen-bond acceptors (Lipinski definition) is 2. The zero-order valence-corrected chi connectivity index (χ0v) is 14.7. The third-order valence-corrected chi connectivity index (χ3v) is 6.39. The molecule has 3 rings (SSSR count). The normalized spacial score (nSPS) is 30.3. The number of fused-ring (bicyclic) bond motifs is 1. The number of carbonyl (C=O) groups excluding carboxylic acids is 1. The van der Waals surface area contributed by atoms with Crippen LogP contribution in [-0.2, 0) is 4.79 Å². The highest BCUT2D eigenvalue weighted by molar-refractivity contribution is 5.84. The molecule has 2 fully saturated rings. The van der Waals surface area contributed by atoms with Crippen molar-refractivity contribution in [2.24, 2.45) is 16.7 Å². The predicted octanol–water partition coefficient (Wildman–Crippen LogP) is 4.72. The number of aliphatic hydroxyl groups is 1. The van der Waals surface area contributed by atoms with Crippen LogP contribution in [0, 0.1) is 28.6 Å². The lowest BCUT2D eigenvalue weighted by atomic mass is 9.62. The zero-order valence-electron chi connectivity index (χ0n) is 14.7. The SMILES string of the molecule is CC12CCCC(=O)C1CC=C2C1(CC#CC(O)(C(F)(F)F)C(F)(F)F)CC1. The van der Waals surface area contributed by atoms with Gasteiger partial charge in [-0.25, -0.2) is 0 Å². The van der Waals surface area contributed by atoms with E-state index < -0.39 is 28.8 Å². The Hall–Kier alpha value is -1.49. The van der Waals surface area contributed by atoms with Gasteiger partial charge >= 0.3 is 18.0 Å². The maximum absolute atomic E-state index is 12.7. The van der Waals surface area contributed by atoms with Crippen molar-refractivity contribution in [3.8, 4) is 11.8 Å². The summed E-state index contributed by atoms with van der Waals surface area (Å²) in [4.78, 5) is 12.2. The summed E-state index contributed by atoms with van der Waals surface area (Å²) in [6.07, 6.45) is -6.32. The third kappa shape index (κ3) is 3.08. The van der Waals surface area contributed by atoms with Crippen LogP contribution in [0.1, 0.15) is 51.9 Å². The van der Waals surface area contributed by atoms with Gasteiger partial charge < -0.3 is 5.11 Å². The Bertz CT molecular complexity index is 718. The van der Waals surface area contributed by atoms with Crippen molar-refractivity contribution in [2.45, 2.75) is 69.8 Å². The maximum atomic E-state index is 12.7. The molecule has 3 aliphatic rings. The third-order valence-electron chi connectivity index (χ3n) is 6.39. The number of rotatable bonds is 2. The fourth-order valence-corrected chi connectivity index (χ4v) is 4.67. The lowest BCUT2D eigenvalue weighted by molar-refractivity contribution is -0.343. The van der Waals surface area contributed by atoms with E-state index in [1.165, 1.54) is 0 Å². The van der Waals surface area contributed by atoms with Gasteiger partial charge in [-0.3, -0.25) is 4.79 Å². The maximum Gasteiger partial charge on any atom is 0.438 e. The van der Waals surface area contributed by atoms with Crippen LogP contribution in [0.25, 0.3) is 0 Å². The van der Waals surface area contributed by atoms with Crippen LogP contribution in [0.2, 0.25) is 0 Å². The number of Topliss-reactive ketones (excluding diaryl/α,β-unsaturated/α-hetero) is 1. The smallest absolute Gasteiger partial charge is 0.363 e. The van der Waals surface area contributed by atoms with Gasteiger partial charge in [-0.15, -0.1) is 0 Å². The summed E-state index contributed by atoms with van der Waals surface area (Å²) in [5, 5.41) is 9.16. The van der Waals surface area contributed by atoms with E-state index >= 15 is 0 Å². The van der Waals surface area contributed by atoms with Crippen molar-refractivity contribution in [3.05, 3.63) is 11.6 Å². The molecule has 150 valence electrons. The van der Waals surface area contributed by atoms with Crippen LogP contribution in [0.15, 0.2) is 11.6 Å². The van der Waals surface area contributed by atoms with Crippen LogP contribution in [0.5, 0.6) is 0 Å². The number of halogens is 6. The molecule has 0 bridgehead atoms. The highest BCUT2D eigenvalue weighted by Gasteiger charge is 2.70. The molecular weight excluding hydrogens is 374 g/mol. The average molecular weight is 394 g/mol. The summed E-state index contributed by atoms with van der Waals surface area (Å²) >= 11 is 0. The summed E-state index contributed by atoms with van der Waals surface area (Å²) in [6.45, 7) is 1.96. The van der Waals surface area contributed by atoms with E-state index in [1.807, 2.05) is 18.9 Å². The molecule has 0 aromatic heterocycles. The largest absolute Gasteiger partial charge is 0.438 e. The minimum atomic E-state index is -5.94. The monoisotopic (exact) mass is 394 g/mol. The number of alkyl halides is 6. The van der Waals surface area contributed by atoms with E-state index in [-0.39, 0.29) is 18.1 Å². The van der Waals surface area contributed by atoms with Gasteiger partial charge in [0, 0.05) is 24.2 Å². The van der Waals surface area contributed by atoms with Gasteiger partial charge in [-0.2, -0.15) is 26.3 Å². The molecule has 0 spiro atoms. The molecule has 2 saturated carbocycles. The van der Waals surface area contributed by atoms with Gasteiger partial charge in [0.15, 0.2) is 0 Å². The van der Waals surface area contributed by atoms with Crippen molar-refractivity contribution < 1.29 is 36.2 Å².